The molecule has 5 nitrogen and oxygen atoms in total. The van der Waals surface area contributed by atoms with Crippen LogP contribution >= 0.6 is 11.3 Å². The number of carbonyl (C=O) groups excluding carboxylic acids is 2. The van der Waals surface area contributed by atoms with Crippen LogP contribution in [0.25, 0.3) is 0 Å². The number of hydrogen-bond acceptors (Lipinski definition) is 3. The SMILES string of the molecule is O=C(C[NH+]1CCc2sccc2[C@H]1c1ccccc1)NC(=O)Nc1ccccc1F. The fourth-order valence-electron chi connectivity index (χ4n) is 3.79. The van der Waals surface area contributed by atoms with Gasteiger partial charge in [0.25, 0.3) is 5.91 Å². The lowest BCUT2D eigenvalue weighted by Gasteiger charge is -2.32. The summed E-state index contributed by atoms with van der Waals surface area (Å²) in [6.07, 6.45) is 0.903. The van der Waals surface area contributed by atoms with Gasteiger partial charge >= 0.3 is 6.03 Å². The van der Waals surface area contributed by atoms with Crippen LogP contribution in [0.4, 0.5) is 14.9 Å². The number of nitrogens with one attached hydrogen (secondary N) is 3. The molecule has 0 radical (unpaired) electrons. The molecule has 2 heterocycles. The average Bonchev–Trinajstić information content (AvgIpc) is 3.19. The highest BCUT2D eigenvalue weighted by atomic mass is 32.1. The van der Waals surface area contributed by atoms with Gasteiger partial charge in [-0.25, -0.2) is 9.18 Å². The highest BCUT2D eigenvalue weighted by molar-refractivity contribution is 7.10. The maximum Gasteiger partial charge on any atom is 0.326 e. The fraction of sp³-hybridized carbons (Fsp3) is 0.182. The molecule has 1 aliphatic heterocycles. The summed E-state index contributed by atoms with van der Waals surface area (Å²) >= 11 is 1.74. The highest BCUT2D eigenvalue weighted by Crippen LogP contribution is 2.29. The van der Waals surface area contributed by atoms with E-state index in [-0.39, 0.29) is 18.3 Å². The molecule has 3 amide bonds. The van der Waals surface area contributed by atoms with Gasteiger partial charge in [-0.3, -0.25) is 10.1 Å². The second-order valence-corrected chi connectivity index (χ2v) is 7.96. The van der Waals surface area contributed by atoms with E-state index < -0.39 is 17.8 Å². The van der Waals surface area contributed by atoms with Crippen LogP contribution in [0.15, 0.2) is 66.0 Å². The molecular weight excluding hydrogens is 389 g/mol. The van der Waals surface area contributed by atoms with Gasteiger partial charge in [0, 0.05) is 22.4 Å². The lowest BCUT2D eigenvalue weighted by molar-refractivity contribution is -0.920. The van der Waals surface area contributed by atoms with Crippen molar-refractivity contribution >= 4 is 29.0 Å². The van der Waals surface area contributed by atoms with E-state index in [1.807, 2.05) is 18.2 Å². The van der Waals surface area contributed by atoms with Gasteiger partial charge in [-0.15, -0.1) is 11.3 Å². The molecule has 0 aliphatic carbocycles. The molecule has 3 aromatic rings. The molecule has 3 N–H and O–H groups in total. The number of amides is 3. The van der Waals surface area contributed by atoms with Crippen molar-refractivity contribution in [1.29, 1.82) is 0 Å². The van der Waals surface area contributed by atoms with Crippen LogP contribution < -0.4 is 15.5 Å². The van der Waals surface area contributed by atoms with Crippen molar-refractivity contribution in [3.8, 4) is 0 Å². The first kappa shape index (κ1) is 19.3. The summed E-state index contributed by atoms with van der Waals surface area (Å²) < 4.78 is 13.7. The monoisotopic (exact) mass is 410 g/mol. The third-order valence-electron chi connectivity index (χ3n) is 5.07. The first-order chi connectivity index (χ1) is 14.1. The van der Waals surface area contributed by atoms with Crippen molar-refractivity contribution in [2.24, 2.45) is 0 Å². The zero-order valence-electron chi connectivity index (χ0n) is 15.7. The van der Waals surface area contributed by atoms with E-state index >= 15 is 0 Å². The first-order valence-electron chi connectivity index (χ1n) is 9.43. The van der Waals surface area contributed by atoms with Gasteiger partial charge in [0.2, 0.25) is 0 Å². The lowest BCUT2D eigenvalue weighted by atomic mass is 9.93. The lowest BCUT2D eigenvalue weighted by Crippen LogP contribution is -3.14. The number of carbonyl (C=O) groups is 2. The number of para-hydroxylation sites is 1. The molecule has 7 heteroatoms. The van der Waals surface area contributed by atoms with Gasteiger partial charge in [0.05, 0.1) is 12.2 Å². The average molecular weight is 410 g/mol. The number of quaternary nitrogens is 1. The van der Waals surface area contributed by atoms with Gasteiger partial charge in [0.15, 0.2) is 6.54 Å². The molecule has 1 aliphatic rings. The molecule has 29 heavy (non-hydrogen) atoms. The Bertz CT molecular complexity index is 1020. The predicted octanol–water partition coefficient (Wildman–Crippen LogP) is 2.77. The highest BCUT2D eigenvalue weighted by Gasteiger charge is 2.34. The molecular formula is C22H21FN3O2S+. The minimum absolute atomic E-state index is 0.0354. The second kappa shape index (κ2) is 8.55. The normalized spacial score (nSPS) is 18.0. The second-order valence-electron chi connectivity index (χ2n) is 6.96. The van der Waals surface area contributed by atoms with Crippen LogP contribution in [0.2, 0.25) is 0 Å². The van der Waals surface area contributed by atoms with Gasteiger partial charge in [0.1, 0.15) is 11.9 Å². The minimum atomic E-state index is -0.732. The smallest absolute Gasteiger partial charge is 0.317 e. The Balaban J connectivity index is 1.45. The molecule has 2 aromatic carbocycles. The molecule has 0 fully saturated rings. The summed E-state index contributed by atoms with van der Waals surface area (Å²) in [4.78, 5) is 27.1. The largest absolute Gasteiger partial charge is 0.326 e. The molecule has 0 bridgehead atoms. The van der Waals surface area contributed by atoms with Crippen molar-refractivity contribution in [1.82, 2.24) is 5.32 Å². The van der Waals surface area contributed by atoms with Crippen molar-refractivity contribution in [3.63, 3.8) is 0 Å². The van der Waals surface area contributed by atoms with Crippen LogP contribution in [0.1, 0.15) is 22.0 Å². The number of thiophene rings is 1. The number of fused-ring (bicyclic) bond motifs is 1. The van der Waals surface area contributed by atoms with Crippen LogP contribution in [0.5, 0.6) is 0 Å². The van der Waals surface area contributed by atoms with E-state index in [4.69, 9.17) is 0 Å². The minimum Gasteiger partial charge on any atom is -0.317 e. The predicted molar refractivity (Wildman–Crippen MR) is 111 cm³/mol. The van der Waals surface area contributed by atoms with Gasteiger partial charge < -0.3 is 10.2 Å². The van der Waals surface area contributed by atoms with Crippen LogP contribution in [0.3, 0.4) is 0 Å². The van der Waals surface area contributed by atoms with E-state index in [1.165, 1.54) is 28.6 Å². The zero-order chi connectivity index (χ0) is 20.2. The third-order valence-corrected chi connectivity index (χ3v) is 6.06. The van der Waals surface area contributed by atoms with Crippen molar-refractivity contribution in [2.75, 3.05) is 18.4 Å². The van der Waals surface area contributed by atoms with Crippen molar-refractivity contribution < 1.29 is 18.9 Å². The van der Waals surface area contributed by atoms with Crippen molar-refractivity contribution in [2.45, 2.75) is 12.5 Å². The maximum absolute atomic E-state index is 13.7. The standard InChI is InChI=1S/C22H20FN3O2S/c23-17-8-4-5-9-18(17)24-22(28)25-20(27)14-26-12-10-19-16(11-13-29-19)21(26)15-6-2-1-3-7-15/h1-9,11,13,21H,10,12,14H2,(H2,24,25,27,28)/p+1/t21-/m1/s1. The number of urea groups is 1. The Morgan fingerprint density at radius 3 is 2.62 bits per heavy atom. The molecule has 1 aromatic heterocycles. The van der Waals surface area contributed by atoms with Crippen molar-refractivity contribution in [3.05, 3.63) is 87.9 Å². The Morgan fingerprint density at radius 1 is 1.07 bits per heavy atom. The summed E-state index contributed by atoms with van der Waals surface area (Å²) in [5.74, 6) is -0.945. The quantitative estimate of drug-likeness (QED) is 0.619. The third kappa shape index (κ3) is 4.36. The number of hydrogen-bond donors (Lipinski definition) is 3. The number of anilines is 1. The molecule has 0 saturated carbocycles. The van der Waals surface area contributed by atoms with E-state index in [9.17, 15) is 14.0 Å². The number of rotatable bonds is 4. The van der Waals surface area contributed by atoms with Gasteiger partial charge in [-0.2, -0.15) is 0 Å². The fourth-order valence-corrected chi connectivity index (χ4v) is 4.71. The number of imide groups is 1. The molecule has 0 spiro atoms. The summed E-state index contributed by atoms with van der Waals surface area (Å²) in [7, 11) is 0. The summed E-state index contributed by atoms with van der Waals surface area (Å²) in [6.45, 7) is 0.953. The molecule has 1 unspecified atom stereocenters. The Labute approximate surface area is 172 Å². The molecule has 0 saturated heterocycles. The Kier molecular flexibility index (Phi) is 5.69. The maximum atomic E-state index is 13.7. The molecule has 4 rings (SSSR count). The molecule has 148 valence electrons. The van der Waals surface area contributed by atoms with E-state index in [0.717, 1.165) is 23.4 Å². The van der Waals surface area contributed by atoms with Gasteiger partial charge in [-0.1, -0.05) is 42.5 Å². The Morgan fingerprint density at radius 2 is 1.83 bits per heavy atom. The zero-order valence-corrected chi connectivity index (χ0v) is 16.5. The van der Waals surface area contributed by atoms with Gasteiger partial charge in [-0.05, 0) is 23.6 Å². The molecule has 2 atom stereocenters. The summed E-state index contributed by atoms with van der Waals surface area (Å²) in [5, 5.41) is 6.79. The summed E-state index contributed by atoms with van der Waals surface area (Å²) in [5.41, 5.74) is 2.42. The summed E-state index contributed by atoms with van der Waals surface area (Å²) in [6, 6.07) is 17.4. The number of halogens is 1. The van der Waals surface area contributed by atoms with E-state index in [2.05, 4.69) is 34.2 Å². The number of benzene rings is 2. The van der Waals surface area contributed by atoms with E-state index in [0.29, 0.717) is 0 Å². The topological polar surface area (TPSA) is 62.6 Å². The first-order valence-corrected chi connectivity index (χ1v) is 10.3. The van der Waals surface area contributed by atoms with Crippen LogP contribution in [-0.4, -0.2) is 25.0 Å². The van der Waals surface area contributed by atoms with Crippen LogP contribution in [-0.2, 0) is 11.2 Å². The van der Waals surface area contributed by atoms with E-state index in [1.54, 1.807) is 17.4 Å². The Hall–Kier alpha value is -3.03. The van der Waals surface area contributed by atoms with Crippen LogP contribution in [0, 0.1) is 5.82 Å².